The highest BCUT2D eigenvalue weighted by atomic mass is 19.1. The maximum absolute atomic E-state index is 13.0. The van der Waals surface area contributed by atoms with Gasteiger partial charge in [0, 0.05) is 0 Å². The quantitative estimate of drug-likeness (QED) is 0.827. The Hall–Kier alpha value is -1.67. The maximum atomic E-state index is 13.0. The van der Waals surface area contributed by atoms with Gasteiger partial charge in [0.25, 0.3) is 0 Å². The van der Waals surface area contributed by atoms with Gasteiger partial charge >= 0.3 is 0 Å². The smallest absolute Gasteiger partial charge is 0.123 e. The molecule has 1 nitrogen and oxygen atoms in total. The summed E-state index contributed by atoms with van der Waals surface area (Å²) in [6, 6.07) is 15.2. The van der Waals surface area contributed by atoms with E-state index in [-0.39, 0.29) is 5.82 Å². The van der Waals surface area contributed by atoms with Crippen LogP contribution in [-0.4, -0.2) is 6.54 Å². The van der Waals surface area contributed by atoms with Crippen LogP contribution in [0.15, 0.2) is 48.5 Å². The van der Waals surface area contributed by atoms with Crippen LogP contribution in [0.2, 0.25) is 0 Å². The number of hydrogen-bond donors (Lipinski definition) is 1. The predicted octanol–water partition coefficient (Wildman–Crippen LogP) is 4.41. The molecular weight excluding hydrogens is 249 g/mol. The molecule has 0 amide bonds. The first-order chi connectivity index (χ1) is 9.69. The van der Waals surface area contributed by atoms with Crippen molar-refractivity contribution in [1.82, 2.24) is 0 Å². The van der Waals surface area contributed by atoms with Crippen LogP contribution in [-0.2, 0) is 6.42 Å². The summed E-state index contributed by atoms with van der Waals surface area (Å²) in [5.41, 5.74) is 9.12. The van der Waals surface area contributed by atoms with Gasteiger partial charge in [-0.25, -0.2) is 4.39 Å². The third kappa shape index (κ3) is 4.17. The van der Waals surface area contributed by atoms with E-state index in [4.69, 9.17) is 5.73 Å². The molecule has 0 heterocycles. The van der Waals surface area contributed by atoms with Crippen LogP contribution in [0.25, 0.3) is 11.1 Å². The van der Waals surface area contributed by atoms with E-state index in [1.54, 1.807) is 0 Å². The lowest BCUT2D eigenvalue weighted by molar-refractivity contribution is 0.500. The molecule has 0 saturated heterocycles. The van der Waals surface area contributed by atoms with Gasteiger partial charge in [-0.3, -0.25) is 0 Å². The second kappa shape index (κ2) is 7.20. The SMILES string of the molecule is CC(CCN)CCc1cccc(-c2ccc(F)cc2)c1. The molecule has 0 bridgehead atoms. The summed E-state index contributed by atoms with van der Waals surface area (Å²) >= 11 is 0. The van der Waals surface area contributed by atoms with Crippen LogP contribution in [0.4, 0.5) is 4.39 Å². The van der Waals surface area contributed by atoms with E-state index in [1.165, 1.54) is 17.7 Å². The Morgan fingerprint density at radius 3 is 2.45 bits per heavy atom. The molecule has 2 aromatic carbocycles. The summed E-state index contributed by atoms with van der Waals surface area (Å²) in [6.45, 7) is 3.01. The molecule has 1 unspecified atom stereocenters. The topological polar surface area (TPSA) is 26.0 Å². The van der Waals surface area contributed by atoms with Crippen molar-refractivity contribution in [3.63, 3.8) is 0 Å². The van der Waals surface area contributed by atoms with Gasteiger partial charge < -0.3 is 5.73 Å². The van der Waals surface area contributed by atoms with Crippen molar-refractivity contribution in [2.75, 3.05) is 6.54 Å². The molecule has 0 aliphatic heterocycles. The second-order valence-electron chi connectivity index (χ2n) is 5.43. The van der Waals surface area contributed by atoms with Crippen LogP contribution < -0.4 is 5.73 Å². The Morgan fingerprint density at radius 2 is 1.75 bits per heavy atom. The summed E-state index contributed by atoms with van der Waals surface area (Å²) in [4.78, 5) is 0. The Kier molecular flexibility index (Phi) is 5.31. The molecule has 106 valence electrons. The van der Waals surface area contributed by atoms with Crippen molar-refractivity contribution in [2.45, 2.75) is 26.2 Å². The van der Waals surface area contributed by atoms with Gasteiger partial charge in [-0.05, 0) is 60.5 Å². The van der Waals surface area contributed by atoms with Crippen molar-refractivity contribution in [3.8, 4) is 11.1 Å². The number of rotatable bonds is 6. The maximum Gasteiger partial charge on any atom is 0.123 e. The van der Waals surface area contributed by atoms with Crippen molar-refractivity contribution < 1.29 is 4.39 Å². The summed E-state index contributed by atoms with van der Waals surface area (Å²) in [5, 5.41) is 0. The number of halogens is 1. The number of aryl methyl sites for hydroxylation is 1. The van der Waals surface area contributed by atoms with E-state index in [0.717, 1.165) is 36.9 Å². The number of hydrogen-bond acceptors (Lipinski definition) is 1. The van der Waals surface area contributed by atoms with E-state index >= 15 is 0 Å². The molecule has 20 heavy (non-hydrogen) atoms. The minimum atomic E-state index is -0.194. The summed E-state index contributed by atoms with van der Waals surface area (Å²) < 4.78 is 13.0. The van der Waals surface area contributed by atoms with Crippen molar-refractivity contribution in [2.24, 2.45) is 11.7 Å². The Bertz CT molecular complexity index is 533. The first-order valence-electron chi connectivity index (χ1n) is 7.24. The molecule has 1 atom stereocenters. The lowest BCUT2D eigenvalue weighted by Crippen LogP contribution is -2.06. The van der Waals surface area contributed by atoms with Gasteiger partial charge in [-0.15, -0.1) is 0 Å². The zero-order valence-corrected chi connectivity index (χ0v) is 12.0. The highest BCUT2D eigenvalue weighted by Gasteiger charge is 2.03. The lowest BCUT2D eigenvalue weighted by Gasteiger charge is -2.10. The molecule has 2 heteroatoms. The Labute approximate surface area is 120 Å². The molecule has 0 aromatic heterocycles. The van der Waals surface area contributed by atoms with Gasteiger partial charge in [0.05, 0.1) is 0 Å². The summed E-state index contributed by atoms with van der Waals surface area (Å²) in [5.74, 6) is 0.468. The third-order valence-electron chi connectivity index (χ3n) is 3.69. The van der Waals surface area contributed by atoms with Gasteiger partial charge in [0.15, 0.2) is 0 Å². The zero-order valence-electron chi connectivity index (χ0n) is 12.0. The normalized spacial score (nSPS) is 12.3. The van der Waals surface area contributed by atoms with Crippen LogP contribution in [0.3, 0.4) is 0 Å². The fourth-order valence-corrected chi connectivity index (χ4v) is 2.39. The summed E-state index contributed by atoms with van der Waals surface area (Å²) in [7, 11) is 0. The van der Waals surface area contributed by atoms with Crippen LogP contribution >= 0.6 is 0 Å². The molecule has 0 fully saturated rings. The van der Waals surface area contributed by atoms with Crippen LogP contribution in [0, 0.1) is 11.7 Å². The van der Waals surface area contributed by atoms with Crippen molar-refractivity contribution in [3.05, 3.63) is 59.9 Å². The Morgan fingerprint density at radius 1 is 1.00 bits per heavy atom. The van der Waals surface area contributed by atoms with Crippen molar-refractivity contribution >= 4 is 0 Å². The Balaban J connectivity index is 2.06. The summed E-state index contributed by atoms with van der Waals surface area (Å²) in [6.07, 6.45) is 3.30. The average molecular weight is 271 g/mol. The third-order valence-corrected chi connectivity index (χ3v) is 3.69. The molecule has 2 N–H and O–H groups in total. The second-order valence-corrected chi connectivity index (χ2v) is 5.43. The molecule has 0 aliphatic carbocycles. The first-order valence-corrected chi connectivity index (χ1v) is 7.24. The number of benzene rings is 2. The van der Waals surface area contributed by atoms with Gasteiger partial charge in [0.1, 0.15) is 5.82 Å². The molecule has 0 radical (unpaired) electrons. The van der Waals surface area contributed by atoms with Crippen LogP contribution in [0.1, 0.15) is 25.3 Å². The first kappa shape index (κ1) is 14.7. The van der Waals surface area contributed by atoms with E-state index < -0.39 is 0 Å². The van der Waals surface area contributed by atoms with Gasteiger partial charge in [-0.2, -0.15) is 0 Å². The van der Waals surface area contributed by atoms with Crippen LogP contribution in [0.5, 0.6) is 0 Å². The van der Waals surface area contributed by atoms with Gasteiger partial charge in [0.2, 0.25) is 0 Å². The lowest BCUT2D eigenvalue weighted by atomic mass is 9.96. The van der Waals surface area contributed by atoms with E-state index in [2.05, 4.69) is 31.2 Å². The van der Waals surface area contributed by atoms with Gasteiger partial charge in [-0.1, -0.05) is 43.3 Å². The monoisotopic (exact) mass is 271 g/mol. The molecule has 0 aliphatic rings. The molecule has 0 saturated carbocycles. The predicted molar refractivity (Wildman–Crippen MR) is 83.0 cm³/mol. The van der Waals surface area contributed by atoms with E-state index in [0.29, 0.717) is 5.92 Å². The number of nitrogens with two attached hydrogens (primary N) is 1. The average Bonchev–Trinajstić information content (AvgIpc) is 2.47. The minimum Gasteiger partial charge on any atom is -0.330 e. The molecule has 0 spiro atoms. The standard InChI is InChI=1S/C18H22FN/c1-14(11-12-20)5-6-15-3-2-4-17(13-15)16-7-9-18(19)10-8-16/h2-4,7-10,13-14H,5-6,11-12,20H2,1H3. The largest absolute Gasteiger partial charge is 0.330 e. The molecule has 2 aromatic rings. The van der Waals surface area contributed by atoms with E-state index in [9.17, 15) is 4.39 Å². The fourth-order valence-electron chi connectivity index (χ4n) is 2.39. The molecular formula is C18H22FN. The zero-order chi connectivity index (χ0) is 14.4. The highest BCUT2D eigenvalue weighted by Crippen LogP contribution is 2.22. The van der Waals surface area contributed by atoms with E-state index in [1.807, 2.05) is 12.1 Å². The highest BCUT2D eigenvalue weighted by molar-refractivity contribution is 5.64. The van der Waals surface area contributed by atoms with Crippen molar-refractivity contribution in [1.29, 1.82) is 0 Å². The minimum absolute atomic E-state index is 0.194. The molecule has 2 rings (SSSR count). The fraction of sp³-hybridized carbons (Fsp3) is 0.333.